The SMILES string of the molecule is Cc1cccc(-c2nc3scc(C(=O)O)c3c(=O)n2C(C)C(=O)Nc2cccc(Cl)c2C)c1. The van der Waals surface area contributed by atoms with E-state index in [-0.39, 0.29) is 10.9 Å². The number of benzene rings is 2. The van der Waals surface area contributed by atoms with Crippen LogP contribution >= 0.6 is 22.9 Å². The van der Waals surface area contributed by atoms with Crippen LogP contribution in [-0.2, 0) is 4.79 Å². The van der Waals surface area contributed by atoms with Gasteiger partial charge in [0.1, 0.15) is 16.7 Å². The van der Waals surface area contributed by atoms with Crippen molar-refractivity contribution in [1.29, 1.82) is 0 Å². The Bertz CT molecular complexity index is 1470. The lowest BCUT2D eigenvalue weighted by Gasteiger charge is -2.20. The molecule has 2 N–H and O–H groups in total. The van der Waals surface area contributed by atoms with Crippen LogP contribution in [-0.4, -0.2) is 26.5 Å². The van der Waals surface area contributed by atoms with Gasteiger partial charge in [0.25, 0.3) is 5.56 Å². The van der Waals surface area contributed by atoms with Gasteiger partial charge in [-0.05, 0) is 44.5 Å². The van der Waals surface area contributed by atoms with Gasteiger partial charge in [0.05, 0.1) is 10.9 Å². The maximum absolute atomic E-state index is 13.6. The van der Waals surface area contributed by atoms with Crippen molar-refractivity contribution in [3.05, 3.63) is 79.9 Å². The zero-order valence-corrected chi connectivity index (χ0v) is 19.6. The second kappa shape index (κ2) is 8.80. The third-order valence-electron chi connectivity index (χ3n) is 5.44. The highest BCUT2D eigenvalue weighted by Gasteiger charge is 2.26. The second-order valence-corrected chi connectivity index (χ2v) is 8.96. The Morgan fingerprint density at radius 2 is 1.91 bits per heavy atom. The highest BCUT2D eigenvalue weighted by molar-refractivity contribution is 7.17. The summed E-state index contributed by atoms with van der Waals surface area (Å²) in [5, 5.41) is 14.3. The van der Waals surface area contributed by atoms with Crippen molar-refractivity contribution in [3.63, 3.8) is 0 Å². The van der Waals surface area contributed by atoms with Gasteiger partial charge in [-0.2, -0.15) is 0 Å². The normalized spacial score (nSPS) is 12.0. The number of hydrogen-bond donors (Lipinski definition) is 2. The summed E-state index contributed by atoms with van der Waals surface area (Å²) in [7, 11) is 0. The van der Waals surface area contributed by atoms with Crippen LogP contribution < -0.4 is 10.9 Å². The van der Waals surface area contributed by atoms with E-state index < -0.39 is 23.5 Å². The summed E-state index contributed by atoms with van der Waals surface area (Å²) >= 11 is 7.25. The molecule has 0 spiro atoms. The van der Waals surface area contributed by atoms with E-state index >= 15 is 0 Å². The molecule has 2 aromatic carbocycles. The molecule has 0 bridgehead atoms. The van der Waals surface area contributed by atoms with Crippen molar-refractivity contribution >= 4 is 50.7 Å². The number of rotatable bonds is 5. The number of carboxylic acids is 1. The zero-order valence-electron chi connectivity index (χ0n) is 18.0. The number of carbonyl (C=O) groups excluding carboxylic acids is 1. The maximum atomic E-state index is 13.6. The topological polar surface area (TPSA) is 101 Å². The average molecular weight is 482 g/mol. The van der Waals surface area contributed by atoms with E-state index in [2.05, 4.69) is 10.3 Å². The molecule has 33 heavy (non-hydrogen) atoms. The molecule has 1 amide bonds. The summed E-state index contributed by atoms with van der Waals surface area (Å²) in [6, 6.07) is 11.6. The van der Waals surface area contributed by atoms with Crippen LogP contribution in [0.4, 0.5) is 5.69 Å². The van der Waals surface area contributed by atoms with E-state index in [1.165, 1.54) is 9.95 Å². The van der Waals surface area contributed by atoms with Crippen LogP contribution in [0.15, 0.2) is 52.6 Å². The van der Waals surface area contributed by atoms with Gasteiger partial charge in [-0.25, -0.2) is 9.78 Å². The van der Waals surface area contributed by atoms with Gasteiger partial charge >= 0.3 is 5.97 Å². The van der Waals surface area contributed by atoms with Gasteiger partial charge in [0.15, 0.2) is 0 Å². The van der Waals surface area contributed by atoms with E-state index in [4.69, 9.17) is 11.6 Å². The number of fused-ring (bicyclic) bond motifs is 1. The fraction of sp³-hybridized carbons (Fsp3) is 0.167. The van der Waals surface area contributed by atoms with Gasteiger partial charge < -0.3 is 10.4 Å². The number of aromatic nitrogens is 2. The van der Waals surface area contributed by atoms with Crippen LogP contribution in [0.1, 0.15) is 34.5 Å². The number of nitrogens with one attached hydrogen (secondary N) is 1. The molecule has 4 aromatic rings. The monoisotopic (exact) mass is 481 g/mol. The minimum Gasteiger partial charge on any atom is -0.478 e. The van der Waals surface area contributed by atoms with Gasteiger partial charge in [-0.1, -0.05) is 41.4 Å². The fourth-order valence-corrected chi connectivity index (χ4v) is 4.68. The molecule has 0 radical (unpaired) electrons. The van der Waals surface area contributed by atoms with E-state index in [0.29, 0.717) is 32.5 Å². The maximum Gasteiger partial charge on any atom is 0.337 e. The Morgan fingerprint density at radius 1 is 1.18 bits per heavy atom. The minimum absolute atomic E-state index is 0.0116. The number of aromatic carboxylic acids is 1. The van der Waals surface area contributed by atoms with Crippen LogP contribution in [0.25, 0.3) is 21.6 Å². The van der Waals surface area contributed by atoms with Crippen molar-refractivity contribution in [2.45, 2.75) is 26.8 Å². The molecular weight excluding hydrogens is 462 g/mol. The lowest BCUT2D eigenvalue weighted by atomic mass is 10.1. The molecule has 1 atom stereocenters. The molecule has 0 saturated carbocycles. The summed E-state index contributed by atoms with van der Waals surface area (Å²) in [5.41, 5.74) is 2.12. The first-order valence-electron chi connectivity index (χ1n) is 10.1. The average Bonchev–Trinajstić information content (AvgIpc) is 3.21. The summed E-state index contributed by atoms with van der Waals surface area (Å²) < 4.78 is 1.26. The summed E-state index contributed by atoms with van der Waals surface area (Å²) in [6.45, 7) is 5.28. The Hall–Kier alpha value is -3.49. The summed E-state index contributed by atoms with van der Waals surface area (Å²) in [4.78, 5) is 43.4. The number of carbonyl (C=O) groups is 2. The smallest absolute Gasteiger partial charge is 0.337 e. The lowest BCUT2D eigenvalue weighted by Crippen LogP contribution is -2.34. The van der Waals surface area contributed by atoms with Gasteiger partial charge in [-0.3, -0.25) is 14.2 Å². The number of anilines is 1. The molecule has 0 aliphatic heterocycles. The molecule has 2 aromatic heterocycles. The highest BCUT2D eigenvalue weighted by atomic mass is 35.5. The first kappa shape index (κ1) is 22.7. The summed E-state index contributed by atoms with van der Waals surface area (Å²) in [6.07, 6.45) is 0. The molecule has 7 nitrogen and oxygen atoms in total. The third-order valence-corrected chi connectivity index (χ3v) is 6.72. The van der Waals surface area contributed by atoms with Crippen LogP contribution in [0, 0.1) is 13.8 Å². The lowest BCUT2D eigenvalue weighted by molar-refractivity contribution is -0.118. The van der Waals surface area contributed by atoms with Gasteiger partial charge in [0, 0.05) is 21.7 Å². The Labute approximate surface area is 198 Å². The number of carboxylic acid groups (broad SMARTS) is 1. The van der Waals surface area contributed by atoms with Gasteiger partial charge in [-0.15, -0.1) is 11.3 Å². The molecule has 168 valence electrons. The fourth-order valence-electron chi connectivity index (χ4n) is 3.61. The van der Waals surface area contributed by atoms with E-state index in [1.807, 2.05) is 25.1 Å². The number of thiophene rings is 1. The molecule has 4 rings (SSSR count). The highest BCUT2D eigenvalue weighted by Crippen LogP contribution is 2.29. The molecule has 0 aliphatic rings. The second-order valence-electron chi connectivity index (χ2n) is 7.69. The van der Waals surface area contributed by atoms with Crippen molar-refractivity contribution < 1.29 is 14.7 Å². The summed E-state index contributed by atoms with van der Waals surface area (Å²) in [5.74, 6) is -1.38. The molecule has 2 heterocycles. The first-order chi connectivity index (χ1) is 15.7. The van der Waals surface area contributed by atoms with E-state index in [1.54, 1.807) is 38.1 Å². The zero-order chi connectivity index (χ0) is 23.9. The Kier molecular flexibility index (Phi) is 6.05. The molecule has 0 aliphatic carbocycles. The van der Waals surface area contributed by atoms with Crippen molar-refractivity contribution in [2.75, 3.05) is 5.32 Å². The minimum atomic E-state index is -1.22. The third kappa shape index (κ3) is 4.15. The Balaban J connectivity index is 1.90. The predicted octanol–water partition coefficient (Wildman–Crippen LogP) is 5.29. The van der Waals surface area contributed by atoms with Crippen molar-refractivity contribution in [1.82, 2.24) is 9.55 Å². The predicted molar refractivity (Wildman–Crippen MR) is 131 cm³/mol. The molecule has 0 saturated heterocycles. The molecular formula is C24H20ClN3O4S. The Morgan fingerprint density at radius 3 is 2.61 bits per heavy atom. The molecule has 9 heteroatoms. The first-order valence-corrected chi connectivity index (χ1v) is 11.3. The number of amides is 1. The molecule has 1 unspecified atom stereocenters. The van der Waals surface area contributed by atoms with Crippen LogP contribution in [0.5, 0.6) is 0 Å². The number of aryl methyl sites for hydroxylation is 1. The van der Waals surface area contributed by atoms with E-state index in [9.17, 15) is 19.5 Å². The van der Waals surface area contributed by atoms with Crippen LogP contribution in [0.3, 0.4) is 0 Å². The largest absolute Gasteiger partial charge is 0.478 e. The number of hydrogen-bond acceptors (Lipinski definition) is 5. The number of halogens is 1. The quantitative estimate of drug-likeness (QED) is 0.403. The van der Waals surface area contributed by atoms with Crippen molar-refractivity contribution in [3.8, 4) is 11.4 Å². The molecule has 0 fully saturated rings. The standard InChI is InChI=1S/C24H20ClN3O4S/c1-12-6-4-7-15(10-12)20-27-22-19(16(11-33-22)24(31)32)23(30)28(20)14(3)21(29)26-18-9-5-8-17(25)13(18)2/h4-11,14H,1-3H3,(H,26,29)(H,31,32). The van der Waals surface area contributed by atoms with Crippen LogP contribution in [0.2, 0.25) is 5.02 Å². The van der Waals surface area contributed by atoms with Crippen molar-refractivity contribution in [2.24, 2.45) is 0 Å². The van der Waals surface area contributed by atoms with E-state index in [0.717, 1.165) is 16.9 Å². The number of nitrogens with zero attached hydrogens (tertiary/aromatic N) is 2. The van der Waals surface area contributed by atoms with Gasteiger partial charge in [0.2, 0.25) is 5.91 Å².